The Balaban J connectivity index is 2.04. The van der Waals surface area contributed by atoms with Crippen LogP contribution < -0.4 is 5.32 Å². The number of benzene rings is 2. The zero-order valence-electron chi connectivity index (χ0n) is 19.1. The molecule has 0 fully saturated rings. The number of hydrogen-bond acceptors (Lipinski definition) is 2. The fourth-order valence-electron chi connectivity index (χ4n) is 3.91. The summed E-state index contributed by atoms with van der Waals surface area (Å²) in [5.74, 6) is 0.0579. The molecule has 2 aromatic rings. The molecule has 29 heavy (non-hydrogen) atoms. The predicted octanol–water partition coefficient (Wildman–Crippen LogP) is 6.53. The van der Waals surface area contributed by atoms with E-state index in [1.165, 1.54) is 33.4 Å². The molecule has 1 N–H and O–H groups in total. The number of hydrogen-bond donors (Lipinski definition) is 1. The minimum absolute atomic E-state index is 0.0579. The summed E-state index contributed by atoms with van der Waals surface area (Å²) in [5.41, 5.74) is 7.78. The van der Waals surface area contributed by atoms with E-state index in [-0.39, 0.29) is 28.9 Å². The number of alkyl carbamates (subject to hydrolysis) is 1. The molecule has 1 aliphatic rings. The van der Waals surface area contributed by atoms with E-state index < -0.39 is 0 Å². The fraction of sp³-hybridized carbons (Fsp3) is 0.500. The Morgan fingerprint density at radius 3 is 1.72 bits per heavy atom. The van der Waals surface area contributed by atoms with Crippen molar-refractivity contribution in [2.45, 2.75) is 78.2 Å². The number of nitrogens with one attached hydrogen (secondary N) is 1. The van der Waals surface area contributed by atoms with Crippen molar-refractivity contribution in [1.29, 1.82) is 0 Å². The molecular weight excluding hydrogens is 358 g/mol. The zero-order valence-corrected chi connectivity index (χ0v) is 19.1. The average molecular weight is 394 g/mol. The summed E-state index contributed by atoms with van der Waals surface area (Å²) in [6, 6.07) is 13.6. The van der Waals surface area contributed by atoms with Crippen LogP contribution in [0.25, 0.3) is 11.1 Å². The third-order valence-electron chi connectivity index (χ3n) is 5.66. The molecule has 0 heterocycles. The van der Waals surface area contributed by atoms with Crippen molar-refractivity contribution in [3.05, 3.63) is 58.7 Å². The second-order valence-electron chi connectivity index (χ2n) is 10.6. The van der Waals surface area contributed by atoms with Crippen LogP contribution >= 0.6 is 0 Å². The van der Waals surface area contributed by atoms with Gasteiger partial charge in [-0.15, -0.1) is 0 Å². The lowest BCUT2D eigenvalue weighted by molar-refractivity contribution is 0.140. The highest BCUT2D eigenvalue weighted by atomic mass is 16.5. The number of fused-ring (bicyclic) bond motifs is 3. The maximum Gasteiger partial charge on any atom is 0.407 e. The van der Waals surface area contributed by atoms with Crippen LogP contribution in [0, 0.1) is 0 Å². The molecule has 3 heteroatoms. The van der Waals surface area contributed by atoms with E-state index in [1.807, 2.05) is 13.8 Å². The van der Waals surface area contributed by atoms with Gasteiger partial charge in [0.1, 0.15) is 6.61 Å². The van der Waals surface area contributed by atoms with E-state index in [0.29, 0.717) is 6.61 Å². The minimum atomic E-state index is -0.353. The molecule has 3 nitrogen and oxygen atoms in total. The number of rotatable bonds is 3. The third-order valence-corrected chi connectivity index (χ3v) is 5.66. The Morgan fingerprint density at radius 2 is 1.34 bits per heavy atom. The maximum absolute atomic E-state index is 12.2. The fourth-order valence-corrected chi connectivity index (χ4v) is 3.91. The van der Waals surface area contributed by atoms with Crippen LogP contribution in [-0.2, 0) is 15.6 Å². The largest absolute Gasteiger partial charge is 0.449 e. The van der Waals surface area contributed by atoms with Gasteiger partial charge in [-0.05, 0) is 58.1 Å². The van der Waals surface area contributed by atoms with Crippen molar-refractivity contribution in [2.75, 3.05) is 6.61 Å². The van der Waals surface area contributed by atoms with E-state index in [0.717, 1.165) is 0 Å². The lowest BCUT2D eigenvalue weighted by Crippen LogP contribution is -2.31. The zero-order chi connectivity index (χ0) is 21.6. The van der Waals surface area contributed by atoms with Crippen molar-refractivity contribution in [2.24, 2.45) is 0 Å². The first kappa shape index (κ1) is 21.4. The summed E-state index contributed by atoms with van der Waals surface area (Å²) in [6.07, 6.45) is -0.353. The van der Waals surface area contributed by atoms with Crippen molar-refractivity contribution in [3.8, 4) is 11.1 Å². The lowest BCUT2D eigenvalue weighted by atomic mass is 9.83. The molecule has 0 aromatic heterocycles. The van der Waals surface area contributed by atoms with Gasteiger partial charge < -0.3 is 10.1 Å². The van der Waals surface area contributed by atoms with Crippen LogP contribution in [-0.4, -0.2) is 18.7 Å². The number of ether oxygens (including phenoxy) is 1. The topological polar surface area (TPSA) is 38.3 Å². The summed E-state index contributed by atoms with van der Waals surface area (Å²) in [4.78, 5) is 12.2. The molecule has 0 atom stereocenters. The highest BCUT2D eigenvalue weighted by Gasteiger charge is 2.32. The second-order valence-corrected chi connectivity index (χ2v) is 10.6. The van der Waals surface area contributed by atoms with E-state index in [1.54, 1.807) is 0 Å². The molecule has 156 valence electrons. The number of amides is 1. The highest BCUT2D eigenvalue weighted by molar-refractivity contribution is 5.80. The van der Waals surface area contributed by atoms with E-state index in [9.17, 15) is 4.79 Å². The molecule has 3 rings (SSSR count). The Hall–Kier alpha value is -2.29. The molecule has 0 unspecified atom stereocenters. The first-order valence-electron chi connectivity index (χ1n) is 10.6. The summed E-state index contributed by atoms with van der Waals surface area (Å²) in [7, 11) is 0. The van der Waals surface area contributed by atoms with Gasteiger partial charge in [0.25, 0.3) is 0 Å². The van der Waals surface area contributed by atoms with Gasteiger partial charge in [-0.2, -0.15) is 0 Å². The van der Waals surface area contributed by atoms with Crippen LogP contribution in [0.5, 0.6) is 0 Å². The van der Waals surface area contributed by atoms with Gasteiger partial charge in [-0.1, -0.05) is 77.9 Å². The summed E-state index contributed by atoms with van der Waals surface area (Å²) in [5, 5.41) is 2.82. The van der Waals surface area contributed by atoms with E-state index in [4.69, 9.17) is 4.74 Å². The summed E-state index contributed by atoms with van der Waals surface area (Å²) < 4.78 is 5.65. The number of carbonyl (C=O) groups is 1. The van der Waals surface area contributed by atoms with E-state index in [2.05, 4.69) is 83.3 Å². The Bertz CT molecular complexity index is 850. The number of carbonyl (C=O) groups excluding carboxylic acids is 1. The minimum Gasteiger partial charge on any atom is -0.449 e. The average Bonchev–Trinajstić information content (AvgIpc) is 2.90. The normalized spacial score (nSPS) is 14.0. The van der Waals surface area contributed by atoms with Crippen LogP contribution in [0.4, 0.5) is 4.79 Å². The quantitative estimate of drug-likeness (QED) is 0.644. The molecule has 0 saturated heterocycles. The van der Waals surface area contributed by atoms with Gasteiger partial charge in [0.2, 0.25) is 0 Å². The molecular formula is C26H35NO2. The van der Waals surface area contributed by atoms with Gasteiger partial charge >= 0.3 is 6.09 Å². The van der Waals surface area contributed by atoms with Gasteiger partial charge in [-0.3, -0.25) is 0 Å². The van der Waals surface area contributed by atoms with Gasteiger partial charge in [-0.25, -0.2) is 4.79 Å². The van der Waals surface area contributed by atoms with Crippen LogP contribution in [0.2, 0.25) is 0 Å². The van der Waals surface area contributed by atoms with Crippen molar-refractivity contribution in [3.63, 3.8) is 0 Å². The molecule has 0 spiro atoms. The standard InChI is InChI=1S/C26H35NO2/c1-16(2)27-24(28)29-15-23-21-13-17(25(3,4)5)9-11-19(21)20-12-10-18(14-22(20)23)26(6,7)8/h9-14,16,23H,15H2,1-8H3,(H,27,28). The maximum atomic E-state index is 12.2. The van der Waals surface area contributed by atoms with Crippen molar-refractivity contribution < 1.29 is 9.53 Å². The predicted molar refractivity (Wildman–Crippen MR) is 121 cm³/mol. The van der Waals surface area contributed by atoms with E-state index >= 15 is 0 Å². The second kappa shape index (κ2) is 7.51. The lowest BCUT2D eigenvalue weighted by Gasteiger charge is -2.22. The molecule has 0 radical (unpaired) electrons. The summed E-state index contributed by atoms with van der Waals surface area (Å²) in [6.45, 7) is 17.6. The molecule has 0 aliphatic heterocycles. The molecule has 0 saturated carbocycles. The Morgan fingerprint density at radius 1 is 0.897 bits per heavy atom. The van der Waals surface area contributed by atoms with Crippen molar-refractivity contribution >= 4 is 6.09 Å². The van der Waals surface area contributed by atoms with Crippen LogP contribution in [0.3, 0.4) is 0 Å². The first-order chi connectivity index (χ1) is 13.4. The Labute approximate surface area is 175 Å². The SMILES string of the molecule is CC(C)NC(=O)OCC1c2cc(C(C)(C)C)ccc2-c2ccc(C(C)(C)C)cc21. The molecule has 1 aliphatic carbocycles. The molecule has 0 bridgehead atoms. The molecule has 2 aromatic carbocycles. The third kappa shape index (κ3) is 4.49. The first-order valence-corrected chi connectivity index (χ1v) is 10.6. The summed E-state index contributed by atoms with van der Waals surface area (Å²) >= 11 is 0. The highest BCUT2D eigenvalue weighted by Crippen LogP contribution is 2.47. The Kier molecular flexibility index (Phi) is 5.55. The van der Waals surface area contributed by atoms with Gasteiger partial charge in [0.15, 0.2) is 0 Å². The van der Waals surface area contributed by atoms with Gasteiger partial charge in [0.05, 0.1) is 0 Å². The van der Waals surface area contributed by atoms with Gasteiger partial charge in [0, 0.05) is 12.0 Å². The molecule has 1 amide bonds. The monoisotopic (exact) mass is 393 g/mol. The van der Waals surface area contributed by atoms with Crippen LogP contribution in [0.15, 0.2) is 36.4 Å². The van der Waals surface area contributed by atoms with Crippen molar-refractivity contribution in [1.82, 2.24) is 5.32 Å². The smallest absolute Gasteiger partial charge is 0.407 e. The van der Waals surface area contributed by atoms with Crippen LogP contribution in [0.1, 0.15) is 83.6 Å².